The Morgan fingerprint density at radius 3 is 2.86 bits per heavy atom. The van der Waals surface area contributed by atoms with E-state index in [2.05, 4.69) is 17.6 Å². The van der Waals surface area contributed by atoms with E-state index in [0.29, 0.717) is 5.56 Å². The lowest BCUT2D eigenvalue weighted by molar-refractivity contribution is 1.39. The van der Waals surface area contributed by atoms with Crippen LogP contribution in [0, 0.1) is 11.3 Å². The number of rotatable bonds is 1. The Kier molecular flexibility index (Phi) is 1.86. The zero-order valence-corrected chi connectivity index (χ0v) is 7.96. The smallest absolute Gasteiger partial charge is 0.0992 e. The minimum absolute atomic E-state index is 0.674. The summed E-state index contributed by atoms with van der Waals surface area (Å²) in [5, 5.41) is 9.84. The molecule has 2 rings (SSSR count). The first-order valence-corrected chi connectivity index (χ1v) is 4.39. The zero-order chi connectivity index (χ0) is 10.1. The molecule has 0 aliphatic carbocycles. The van der Waals surface area contributed by atoms with Gasteiger partial charge in [0.15, 0.2) is 0 Å². The van der Waals surface area contributed by atoms with E-state index in [-0.39, 0.29) is 0 Å². The second-order valence-electron chi connectivity index (χ2n) is 3.38. The van der Waals surface area contributed by atoms with Gasteiger partial charge in [-0.3, -0.25) is 0 Å². The molecular formula is C12H10N2. The zero-order valence-electron chi connectivity index (χ0n) is 7.96. The standard InChI is InChI=1S/C12H10N2/c1-8(2)11-6-10-4-3-9(7-13)5-12(10)14-11/h3-6,14H,1H2,2H3. The van der Waals surface area contributed by atoms with Crippen molar-refractivity contribution in [2.24, 2.45) is 0 Å². The van der Waals surface area contributed by atoms with E-state index in [1.54, 1.807) is 0 Å². The molecule has 2 nitrogen and oxygen atoms in total. The number of aromatic amines is 1. The average Bonchev–Trinajstić information content (AvgIpc) is 2.59. The number of allylic oxidation sites excluding steroid dienone is 1. The molecule has 2 aromatic rings. The van der Waals surface area contributed by atoms with Crippen molar-refractivity contribution in [3.63, 3.8) is 0 Å². The van der Waals surface area contributed by atoms with Gasteiger partial charge in [-0.25, -0.2) is 0 Å². The number of nitrogens with zero attached hydrogens (tertiary/aromatic N) is 1. The first-order chi connectivity index (χ1) is 6.70. The lowest BCUT2D eigenvalue weighted by Crippen LogP contribution is -1.75. The van der Waals surface area contributed by atoms with E-state index in [9.17, 15) is 0 Å². The molecule has 68 valence electrons. The largest absolute Gasteiger partial charge is 0.355 e. The Morgan fingerprint density at radius 1 is 1.43 bits per heavy atom. The van der Waals surface area contributed by atoms with Crippen LogP contribution in [0.5, 0.6) is 0 Å². The number of aromatic nitrogens is 1. The predicted octanol–water partition coefficient (Wildman–Crippen LogP) is 3.07. The Balaban J connectivity index is 2.67. The van der Waals surface area contributed by atoms with Crippen LogP contribution in [0.15, 0.2) is 30.8 Å². The highest BCUT2D eigenvalue weighted by Gasteiger charge is 2.01. The van der Waals surface area contributed by atoms with Crippen LogP contribution in [0.25, 0.3) is 16.5 Å². The van der Waals surface area contributed by atoms with Crippen molar-refractivity contribution in [1.82, 2.24) is 4.98 Å². The molecule has 0 spiro atoms. The molecule has 0 bridgehead atoms. The minimum Gasteiger partial charge on any atom is -0.355 e. The summed E-state index contributed by atoms with van der Waals surface area (Å²) in [4.78, 5) is 3.22. The molecule has 1 heterocycles. The van der Waals surface area contributed by atoms with E-state index in [1.807, 2.05) is 31.2 Å². The summed E-state index contributed by atoms with van der Waals surface area (Å²) < 4.78 is 0. The molecule has 0 aliphatic rings. The van der Waals surface area contributed by atoms with Gasteiger partial charge < -0.3 is 4.98 Å². The maximum absolute atomic E-state index is 8.73. The highest BCUT2D eigenvalue weighted by Crippen LogP contribution is 2.20. The first kappa shape index (κ1) is 8.58. The van der Waals surface area contributed by atoms with Crippen LogP contribution < -0.4 is 0 Å². The number of nitriles is 1. The monoisotopic (exact) mass is 182 g/mol. The maximum atomic E-state index is 8.73. The van der Waals surface area contributed by atoms with Crippen LogP contribution in [0.4, 0.5) is 0 Å². The molecule has 1 aromatic heterocycles. The molecule has 1 aromatic carbocycles. The second kappa shape index (κ2) is 3.04. The SMILES string of the molecule is C=C(C)c1cc2ccc(C#N)cc2[nH]1. The van der Waals surface area contributed by atoms with Gasteiger partial charge in [-0.1, -0.05) is 12.6 Å². The van der Waals surface area contributed by atoms with Crippen molar-refractivity contribution in [3.8, 4) is 6.07 Å². The average molecular weight is 182 g/mol. The number of benzene rings is 1. The number of fused-ring (bicyclic) bond motifs is 1. The number of H-pyrrole nitrogens is 1. The molecule has 0 amide bonds. The van der Waals surface area contributed by atoms with E-state index in [4.69, 9.17) is 5.26 Å². The Morgan fingerprint density at radius 2 is 2.21 bits per heavy atom. The number of nitrogens with one attached hydrogen (secondary N) is 1. The van der Waals surface area contributed by atoms with Crippen molar-refractivity contribution in [3.05, 3.63) is 42.1 Å². The van der Waals surface area contributed by atoms with E-state index in [0.717, 1.165) is 22.2 Å². The van der Waals surface area contributed by atoms with Gasteiger partial charge in [-0.05, 0) is 30.7 Å². The van der Waals surface area contributed by atoms with Crippen LogP contribution >= 0.6 is 0 Å². The predicted molar refractivity (Wildman–Crippen MR) is 57.7 cm³/mol. The third-order valence-electron chi connectivity index (χ3n) is 2.21. The van der Waals surface area contributed by atoms with Crippen LogP contribution in [0.3, 0.4) is 0 Å². The molecule has 2 heteroatoms. The highest BCUT2D eigenvalue weighted by molar-refractivity contribution is 5.85. The summed E-state index contributed by atoms with van der Waals surface area (Å²) in [5.41, 5.74) is 3.68. The van der Waals surface area contributed by atoms with Gasteiger partial charge in [-0.15, -0.1) is 0 Å². The molecule has 0 saturated heterocycles. The quantitative estimate of drug-likeness (QED) is 0.723. The van der Waals surface area contributed by atoms with Crippen molar-refractivity contribution in [1.29, 1.82) is 5.26 Å². The van der Waals surface area contributed by atoms with Crippen molar-refractivity contribution in [2.45, 2.75) is 6.92 Å². The van der Waals surface area contributed by atoms with Crippen molar-refractivity contribution >= 4 is 16.5 Å². The summed E-state index contributed by atoms with van der Waals surface area (Å²) in [6, 6.07) is 9.76. The number of hydrogen-bond donors (Lipinski definition) is 1. The Labute approximate surface area is 82.5 Å². The molecule has 0 radical (unpaired) electrons. The summed E-state index contributed by atoms with van der Waals surface area (Å²) in [7, 11) is 0. The second-order valence-corrected chi connectivity index (χ2v) is 3.38. The normalized spacial score (nSPS) is 10.0. The third kappa shape index (κ3) is 1.29. The Hall–Kier alpha value is -2.01. The van der Waals surface area contributed by atoms with E-state index in [1.165, 1.54) is 0 Å². The summed E-state index contributed by atoms with van der Waals surface area (Å²) in [5.74, 6) is 0. The topological polar surface area (TPSA) is 39.6 Å². The van der Waals surface area contributed by atoms with Gasteiger partial charge in [0.25, 0.3) is 0 Å². The van der Waals surface area contributed by atoms with Gasteiger partial charge in [0, 0.05) is 16.6 Å². The summed E-state index contributed by atoms with van der Waals surface area (Å²) in [6.07, 6.45) is 0. The third-order valence-corrected chi connectivity index (χ3v) is 2.21. The molecule has 14 heavy (non-hydrogen) atoms. The van der Waals surface area contributed by atoms with Crippen LogP contribution in [0.2, 0.25) is 0 Å². The number of hydrogen-bond acceptors (Lipinski definition) is 1. The van der Waals surface area contributed by atoms with Gasteiger partial charge in [-0.2, -0.15) is 5.26 Å². The van der Waals surface area contributed by atoms with Gasteiger partial charge in [0.2, 0.25) is 0 Å². The van der Waals surface area contributed by atoms with E-state index < -0.39 is 0 Å². The highest BCUT2D eigenvalue weighted by atomic mass is 14.7. The lowest BCUT2D eigenvalue weighted by atomic mass is 10.2. The fraction of sp³-hybridized carbons (Fsp3) is 0.0833. The summed E-state index contributed by atoms with van der Waals surface area (Å²) in [6.45, 7) is 5.82. The molecule has 0 unspecified atom stereocenters. The molecule has 0 saturated carbocycles. The van der Waals surface area contributed by atoms with E-state index >= 15 is 0 Å². The fourth-order valence-corrected chi connectivity index (χ4v) is 1.43. The molecule has 0 atom stereocenters. The Bertz CT molecular complexity index is 541. The van der Waals surface area contributed by atoms with Crippen LogP contribution in [-0.4, -0.2) is 4.98 Å². The van der Waals surface area contributed by atoms with Crippen molar-refractivity contribution in [2.75, 3.05) is 0 Å². The van der Waals surface area contributed by atoms with Crippen molar-refractivity contribution < 1.29 is 0 Å². The summed E-state index contributed by atoms with van der Waals surface area (Å²) >= 11 is 0. The molecular weight excluding hydrogens is 172 g/mol. The molecule has 0 fully saturated rings. The van der Waals surface area contributed by atoms with Crippen LogP contribution in [-0.2, 0) is 0 Å². The molecule has 1 N–H and O–H groups in total. The fourth-order valence-electron chi connectivity index (χ4n) is 1.43. The van der Waals surface area contributed by atoms with Gasteiger partial charge in [0.05, 0.1) is 11.6 Å². The van der Waals surface area contributed by atoms with Gasteiger partial charge in [0.1, 0.15) is 0 Å². The first-order valence-electron chi connectivity index (χ1n) is 4.39. The maximum Gasteiger partial charge on any atom is 0.0992 e. The van der Waals surface area contributed by atoms with Crippen LogP contribution in [0.1, 0.15) is 18.2 Å². The minimum atomic E-state index is 0.674. The van der Waals surface area contributed by atoms with Gasteiger partial charge >= 0.3 is 0 Å². The molecule has 0 aliphatic heterocycles. The lowest BCUT2D eigenvalue weighted by Gasteiger charge is -1.90.